The minimum atomic E-state index is -0.163. The van der Waals surface area contributed by atoms with Crippen molar-refractivity contribution in [1.82, 2.24) is 15.3 Å². The zero-order chi connectivity index (χ0) is 13.0. The quantitative estimate of drug-likeness (QED) is 0.866. The molecule has 1 aromatic carbocycles. The van der Waals surface area contributed by atoms with E-state index < -0.39 is 0 Å². The van der Waals surface area contributed by atoms with Gasteiger partial charge >= 0.3 is 0 Å². The Balaban J connectivity index is 2.00. The van der Waals surface area contributed by atoms with E-state index in [1.165, 1.54) is 0 Å². The number of rotatable bonds is 4. The average Bonchev–Trinajstić information content (AvgIpc) is 2.92. The van der Waals surface area contributed by atoms with Gasteiger partial charge in [0.25, 0.3) is 0 Å². The van der Waals surface area contributed by atoms with Crippen molar-refractivity contribution in [2.75, 3.05) is 0 Å². The molecule has 4 nitrogen and oxygen atoms in total. The number of nitrogens with one attached hydrogen (secondary N) is 2. The van der Waals surface area contributed by atoms with Crippen LogP contribution in [-0.4, -0.2) is 15.9 Å². The highest BCUT2D eigenvalue weighted by molar-refractivity contribution is 5.83. The van der Waals surface area contributed by atoms with Crippen molar-refractivity contribution < 1.29 is 4.79 Å². The molecule has 0 fully saturated rings. The summed E-state index contributed by atoms with van der Waals surface area (Å²) in [7, 11) is 0. The Morgan fingerprint density at radius 3 is 2.61 bits per heavy atom. The van der Waals surface area contributed by atoms with E-state index in [1.54, 1.807) is 12.4 Å². The fourth-order valence-electron chi connectivity index (χ4n) is 1.81. The largest absolute Gasteiger partial charge is 0.347 e. The Hall–Kier alpha value is -2.10. The van der Waals surface area contributed by atoms with Crippen molar-refractivity contribution >= 4 is 5.91 Å². The van der Waals surface area contributed by atoms with E-state index in [1.807, 2.05) is 44.2 Å². The standard InChI is InChI=1S/C14H17N3O/c1-10(12-6-4-3-5-7-12)14(18)17-11(2)13-15-8-9-16-13/h3-11H,1-2H3,(H,15,16)(H,17,18). The van der Waals surface area contributed by atoms with E-state index in [2.05, 4.69) is 15.3 Å². The zero-order valence-electron chi connectivity index (χ0n) is 10.6. The van der Waals surface area contributed by atoms with E-state index in [-0.39, 0.29) is 17.9 Å². The minimum absolute atomic E-state index is 0.00472. The van der Waals surface area contributed by atoms with Crippen LogP contribution in [0.3, 0.4) is 0 Å². The van der Waals surface area contributed by atoms with Crippen LogP contribution in [0.15, 0.2) is 42.7 Å². The van der Waals surface area contributed by atoms with Gasteiger partial charge in [-0.1, -0.05) is 30.3 Å². The number of benzene rings is 1. The molecule has 1 amide bonds. The number of imidazole rings is 1. The molecule has 1 aromatic heterocycles. The molecule has 0 saturated heterocycles. The first kappa shape index (κ1) is 12.4. The average molecular weight is 243 g/mol. The van der Waals surface area contributed by atoms with Gasteiger partial charge in [-0.05, 0) is 19.4 Å². The molecule has 2 unspecified atom stereocenters. The predicted octanol–water partition coefficient (Wildman–Crippen LogP) is 2.39. The summed E-state index contributed by atoms with van der Waals surface area (Å²) in [5, 5.41) is 2.95. The lowest BCUT2D eigenvalue weighted by molar-refractivity contribution is -0.122. The van der Waals surface area contributed by atoms with E-state index >= 15 is 0 Å². The highest BCUT2D eigenvalue weighted by Gasteiger charge is 2.18. The van der Waals surface area contributed by atoms with E-state index in [4.69, 9.17) is 0 Å². The van der Waals surface area contributed by atoms with Gasteiger partial charge in [-0.2, -0.15) is 0 Å². The fraction of sp³-hybridized carbons (Fsp3) is 0.286. The lowest BCUT2D eigenvalue weighted by Crippen LogP contribution is -2.31. The van der Waals surface area contributed by atoms with E-state index in [9.17, 15) is 4.79 Å². The smallest absolute Gasteiger partial charge is 0.227 e. The second-order valence-electron chi connectivity index (χ2n) is 4.34. The molecule has 4 heteroatoms. The van der Waals surface area contributed by atoms with Crippen LogP contribution in [0.2, 0.25) is 0 Å². The van der Waals surface area contributed by atoms with Crippen LogP contribution < -0.4 is 5.32 Å². The first-order valence-corrected chi connectivity index (χ1v) is 6.03. The van der Waals surface area contributed by atoms with Gasteiger partial charge in [-0.25, -0.2) is 4.98 Å². The zero-order valence-corrected chi connectivity index (χ0v) is 10.6. The van der Waals surface area contributed by atoms with E-state index in [0.29, 0.717) is 0 Å². The van der Waals surface area contributed by atoms with Crippen LogP contribution in [0.1, 0.15) is 37.2 Å². The van der Waals surface area contributed by atoms with Gasteiger partial charge in [-0.15, -0.1) is 0 Å². The number of H-pyrrole nitrogens is 1. The predicted molar refractivity (Wildman–Crippen MR) is 70.0 cm³/mol. The molecule has 0 aliphatic carbocycles. The van der Waals surface area contributed by atoms with E-state index in [0.717, 1.165) is 11.4 Å². The Labute approximate surface area is 106 Å². The number of amides is 1. The molecule has 0 radical (unpaired) electrons. The van der Waals surface area contributed by atoms with Crippen molar-refractivity contribution in [2.45, 2.75) is 25.8 Å². The Kier molecular flexibility index (Phi) is 3.77. The first-order valence-electron chi connectivity index (χ1n) is 6.03. The number of aromatic amines is 1. The maximum Gasteiger partial charge on any atom is 0.227 e. The van der Waals surface area contributed by atoms with Crippen molar-refractivity contribution in [1.29, 1.82) is 0 Å². The molecule has 0 saturated carbocycles. The van der Waals surface area contributed by atoms with Crippen molar-refractivity contribution in [3.05, 3.63) is 54.1 Å². The molecule has 2 rings (SSSR count). The van der Waals surface area contributed by atoms with Gasteiger partial charge in [0.1, 0.15) is 5.82 Å². The number of carbonyl (C=O) groups is 1. The SMILES string of the molecule is CC(NC(=O)C(C)c1ccccc1)c1ncc[nH]1. The highest BCUT2D eigenvalue weighted by atomic mass is 16.1. The third-order valence-electron chi connectivity index (χ3n) is 2.98. The van der Waals surface area contributed by atoms with Gasteiger partial charge in [0, 0.05) is 12.4 Å². The summed E-state index contributed by atoms with van der Waals surface area (Å²) in [5.74, 6) is 0.609. The lowest BCUT2D eigenvalue weighted by Gasteiger charge is -2.16. The Bertz CT molecular complexity index is 493. The molecule has 0 aliphatic heterocycles. The molecule has 18 heavy (non-hydrogen) atoms. The summed E-state index contributed by atoms with van der Waals surface area (Å²) >= 11 is 0. The van der Waals surface area contributed by atoms with Gasteiger partial charge in [0.15, 0.2) is 0 Å². The third-order valence-corrected chi connectivity index (χ3v) is 2.98. The molecule has 0 spiro atoms. The number of aromatic nitrogens is 2. The molecule has 2 atom stereocenters. The van der Waals surface area contributed by atoms with Crippen LogP contribution in [0, 0.1) is 0 Å². The monoisotopic (exact) mass is 243 g/mol. The molecule has 0 aliphatic rings. The van der Waals surface area contributed by atoms with Crippen LogP contribution in [0.5, 0.6) is 0 Å². The van der Waals surface area contributed by atoms with Crippen LogP contribution >= 0.6 is 0 Å². The molecule has 94 valence electrons. The number of hydrogen-bond acceptors (Lipinski definition) is 2. The third kappa shape index (κ3) is 2.77. The number of hydrogen-bond donors (Lipinski definition) is 2. The van der Waals surface area contributed by atoms with Gasteiger partial charge < -0.3 is 10.3 Å². The summed E-state index contributed by atoms with van der Waals surface area (Å²) in [5.41, 5.74) is 1.02. The summed E-state index contributed by atoms with van der Waals surface area (Å²) in [4.78, 5) is 19.2. The summed E-state index contributed by atoms with van der Waals surface area (Å²) in [6, 6.07) is 9.63. The van der Waals surface area contributed by atoms with Gasteiger partial charge in [-0.3, -0.25) is 4.79 Å². The number of carbonyl (C=O) groups excluding carboxylic acids is 1. The van der Waals surface area contributed by atoms with Crippen LogP contribution in [0.25, 0.3) is 0 Å². The Morgan fingerprint density at radius 1 is 1.28 bits per heavy atom. The molecule has 1 heterocycles. The molecule has 2 aromatic rings. The topological polar surface area (TPSA) is 57.8 Å². The van der Waals surface area contributed by atoms with Crippen LogP contribution in [0.4, 0.5) is 0 Å². The lowest BCUT2D eigenvalue weighted by atomic mass is 10.0. The second kappa shape index (κ2) is 5.49. The number of nitrogens with zero attached hydrogens (tertiary/aromatic N) is 1. The minimum Gasteiger partial charge on any atom is -0.347 e. The van der Waals surface area contributed by atoms with Gasteiger partial charge in [0.05, 0.1) is 12.0 Å². The van der Waals surface area contributed by atoms with Crippen molar-refractivity contribution in [2.24, 2.45) is 0 Å². The molecule has 0 bridgehead atoms. The van der Waals surface area contributed by atoms with Crippen molar-refractivity contribution in [3.8, 4) is 0 Å². The first-order chi connectivity index (χ1) is 8.68. The highest BCUT2D eigenvalue weighted by Crippen LogP contribution is 2.16. The summed E-state index contributed by atoms with van der Waals surface area (Å²) in [6.45, 7) is 3.81. The Morgan fingerprint density at radius 2 is 2.00 bits per heavy atom. The van der Waals surface area contributed by atoms with Crippen molar-refractivity contribution in [3.63, 3.8) is 0 Å². The molecule has 2 N–H and O–H groups in total. The maximum atomic E-state index is 12.1. The fourth-order valence-corrected chi connectivity index (χ4v) is 1.81. The maximum absolute atomic E-state index is 12.1. The molecular weight excluding hydrogens is 226 g/mol. The molecular formula is C14H17N3O. The van der Waals surface area contributed by atoms with Crippen LogP contribution in [-0.2, 0) is 4.79 Å². The summed E-state index contributed by atoms with van der Waals surface area (Å²) < 4.78 is 0. The normalized spacial score (nSPS) is 13.9. The second-order valence-corrected chi connectivity index (χ2v) is 4.34. The summed E-state index contributed by atoms with van der Waals surface area (Å²) in [6.07, 6.45) is 3.43. The van der Waals surface area contributed by atoms with Gasteiger partial charge in [0.2, 0.25) is 5.91 Å².